The first kappa shape index (κ1) is 17.2. The normalized spacial score (nSPS) is 28.6. The molecule has 3 aliphatic rings. The lowest BCUT2D eigenvalue weighted by Crippen LogP contribution is -2.37. The fraction of sp³-hybridized carbons (Fsp3) is 0.667. The van der Waals surface area contributed by atoms with Crippen molar-refractivity contribution < 1.29 is 0 Å². The van der Waals surface area contributed by atoms with Crippen molar-refractivity contribution in [3.8, 4) is 0 Å². The van der Waals surface area contributed by atoms with Gasteiger partial charge in [0.05, 0.1) is 0 Å². The minimum absolute atomic E-state index is 0. The minimum Gasteiger partial charge on any atom is -0.0776 e. The predicted octanol–water partition coefficient (Wildman–Crippen LogP) is 6.13. The van der Waals surface area contributed by atoms with Crippen LogP contribution in [-0.4, -0.2) is 0 Å². The van der Waals surface area contributed by atoms with Crippen LogP contribution >= 0.6 is 0 Å². The Kier molecular flexibility index (Phi) is 6.13. The maximum absolute atomic E-state index is 2.38. The van der Waals surface area contributed by atoms with Gasteiger partial charge in [0, 0.05) is 0 Å². The monoisotopic (exact) mass is 248 g/mol. The fourth-order valence-corrected chi connectivity index (χ4v) is 3.59. The van der Waals surface area contributed by atoms with E-state index in [4.69, 9.17) is 0 Å². The van der Waals surface area contributed by atoms with Gasteiger partial charge in [0.15, 0.2) is 0 Å². The van der Waals surface area contributed by atoms with Crippen LogP contribution in [0.4, 0.5) is 0 Å². The van der Waals surface area contributed by atoms with E-state index >= 15 is 0 Å². The molecular formula is C18H32. The maximum Gasteiger partial charge on any atom is -0.00467 e. The third-order valence-electron chi connectivity index (χ3n) is 4.76. The summed E-state index contributed by atoms with van der Waals surface area (Å²) in [7, 11) is 0. The summed E-state index contributed by atoms with van der Waals surface area (Å²) in [5.41, 5.74) is 3.58. The van der Waals surface area contributed by atoms with Crippen LogP contribution in [0, 0.1) is 12.8 Å². The number of rotatable bonds is 1. The first-order valence-corrected chi connectivity index (χ1v) is 6.36. The van der Waals surface area contributed by atoms with Gasteiger partial charge in [0.25, 0.3) is 0 Å². The molecule has 18 heavy (non-hydrogen) atoms. The summed E-state index contributed by atoms with van der Waals surface area (Å²) in [6, 6.07) is 9.32. The molecule has 0 saturated heterocycles. The zero-order valence-electron chi connectivity index (χ0n) is 9.63. The van der Waals surface area contributed by atoms with Crippen LogP contribution in [-0.2, 0) is 5.41 Å². The fourth-order valence-electron chi connectivity index (χ4n) is 3.59. The second-order valence-corrected chi connectivity index (χ2v) is 5.63. The van der Waals surface area contributed by atoms with Crippen molar-refractivity contribution in [2.24, 2.45) is 5.92 Å². The van der Waals surface area contributed by atoms with Gasteiger partial charge in [-0.15, -0.1) is 0 Å². The van der Waals surface area contributed by atoms with Crippen molar-refractivity contribution >= 4 is 0 Å². The SMILES string of the molecule is C.C.C.Cc1ccc(C23CCC(CC2)CC3)cc1. The van der Waals surface area contributed by atoms with E-state index in [1.165, 1.54) is 44.1 Å². The minimum atomic E-state index is 0. The molecule has 104 valence electrons. The summed E-state index contributed by atoms with van der Waals surface area (Å²) in [6.07, 6.45) is 8.78. The lowest BCUT2D eigenvalue weighted by Gasteiger charge is -2.47. The summed E-state index contributed by atoms with van der Waals surface area (Å²) in [5, 5.41) is 0. The standard InChI is InChI=1S/C15H20.3CH4/c1-12-2-4-14(5-3-12)15-9-6-13(7-10-15)8-11-15;;;/h2-5,13H,6-11H2,1H3;3*1H4. The van der Waals surface area contributed by atoms with Crippen LogP contribution in [0.5, 0.6) is 0 Å². The Hall–Kier alpha value is -0.780. The molecule has 1 aromatic rings. The van der Waals surface area contributed by atoms with Crippen molar-refractivity contribution in [3.63, 3.8) is 0 Å². The third-order valence-corrected chi connectivity index (χ3v) is 4.76. The van der Waals surface area contributed by atoms with E-state index in [2.05, 4.69) is 31.2 Å². The topological polar surface area (TPSA) is 0 Å². The molecule has 0 spiro atoms. The van der Waals surface area contributed by atoms with Crippen LogP contribution in [0.15, 0.2) is 24.3 Å². The molecule has 0 heteroatoms. The zero-order chi connectivity index (χ0) is 10.3. The molecule has 3 fully saturated rings. The molecule has 0 aliphatic heterocycles. The van der Waals surface area contributed by atoms with E-state index in [0.717, 1.165) is 5.92 Å². The molecule has 3 saturated carbocycles. The molecule has 0 nitrogen and oxygen atoms in total. The van der Waals surface area contributed by atoms with Gasteiger partial charge in [-0.25, -0.2) is 0 Å². The lowest BCUT2D eigenvalue weighted by molar-refractivity contribution is 0.136. The molecule has 0 radical (unpaired) electrons. The first-order valence-electron chi connectivity index (χ1n) is 6.36. The van der Waals surface area contributed by atoms with E-state index in [-0.39, 0.29) is 22.3 Å². The highest BCUT2D eigenvalue weighted by Gasteiger charge is 2.41. The summed E-state index contributed by atoms with van der Waals surface area (Å²) in [5.74, 6) is 1.07. The summed E-state index contributed by atoms with van der Waals surface area (Å²) in [6.45, 7) is 2.18. The number of aryl methyl sites for hydroxylation is 1. The van der Waals surface area contributed by atoms with Gasteiger partial charge in [-0.2, -0.15) is 0 Å². The van der Waals surface area contributed by atoms with Crippen LogP contribution < -0.4 is 0 Å². The molecule has 1 aromatic carbocycles. The summed E-state index contributed by atoms with van der Waals surface area (Å²) < 4.78 is 0. The van der Waals surface area contributed by atoms with Gasteiger partial charge in [-0.1, -0.05) is 52.1 Å². The van der Waals surface area contributed by atoms with E-state index in [1.54, 1.807) is 5.56 Å². The van der Waals surface area contributed by atoms with Gasteiger partial charge in [0.1, 0.15) is 0 Å². The highest BCUT2D eigenvalue weighted by molar-refractivity contribution is 5.30. The predicted molar refractivity (Wildman–Crippen MR) is 84.2 cm³/mol. The molecular weight excluding hydrogens is 216 g/mol. The van der Waals surface area contributed by atoms with Crippen molar-refractivity contribution in [2.75, 3.05) is 0 Å². The molecule has 0 amide bonds. The molecule has 0 heterocycles. The van der Waals surface area contributed by atoms with Gasteiger partial charge in [-0.3, -0.25) is 0 Å². The van der Waals surface area contributed by atoms with E-state index in [9.17, 15) is 0 Å². The molecule has 2 bridgehead atoms. The van der Waals surface area contributed by atoms with Gasteiger partial charge >= 0.3 is 0 Å². The largest absolute Gasteiger partial charge is 0.0776 e. The molecule has 0 unspecified atom stereocenters. The summed E-state index contributed by atoms with van der Waals surface area (Å²) in [4.78, 5) is 0. The van der Waals surface area contributed by atoms with Crippen molar-refractivity contribution in [2.45, 2.75) is 73.1 Å². The number of hydrogen-bond donors (Lipinski definition) is 0. The number of benzene rings is 1. The van der Waals surface area contributed by atoms with Crippen LogP contribution in [0.25, 0.3) is 0 Å². The number of fused-ring (bicyclic) bond motifs is 3. The van der Waals surface area contributed by atoms with Crippen molar-refractivity contribution in [1.29, 1.82) is 0 Å². The maximum atomic E-state index is 2.38. The first-order chi connectivity index (χ1) is 7.28. The average Bonchev–Trinajstić information content (AvgIpc) is 2.32. The molecule has 0 N–H and O–H groups in total. The average molecular weight is 248 g/mol. The van der Waals surface area contributed by atoms with Crippen molar-refractivity contribution in [3.05, 3.63) is 35.4 Å². The molecule has 0 atom stereocenters. The Morgan fingerprint density at radius 3 is 1.72 bits per heavy atom. The third kappa shape index (κ3) is 2.79. The van der Waals surface area contributed by atoms with Crippen LogP contribution in [0.1, 0.15) is 71.9 Å². The second kappa shape index (κ2) is 6.41. The number of hydrogen-bond acceptors (Lipinski definition) is 0. The zero-order valence-corrected chi connectivity index (χ0v) is 9.63. The van der Waals surface area contributed by atoms with E-state index in [1.807, 2.05) is 0 Å². The molecule has 0 aromatic heterocycles. The smallest absolute Gasteiger partial charge is 0.00467 e. The Labute approximate surface area is 115 Å². The Morgan fingerprint density at radius 1 is 0.833 bits per heavy atom. The highest BCUT2D eigenvalue weighted by Crippen LogP contribution is 2.51. The van der Waals surface area contributed by atoms with Crippen molar-refractivity contribution in [1.82, 2.24) is 0 Å². The Bertz CT molecular complexity index is 325. The second-order valence-electron chi connectivity index (χ2n) is 5.63. The van der Waals surface area contributed by atoms with E-state index in [0.29, 0.717) is 5.41 Å². The van der Waals surface area contributed by atoms with Gasteiger partial charge in [0.2, 0.25) is 0 Å². The Morgan fingerprint density at radius 2 is 1.28 bits per heavy atom. The van der Waals surface area contributed by atoms with Crippen LogP contribution in [0.2, 0.25) is 0 Å². The van der Waals surface area contributed by atoms with E-state index < -0.39 is 0 Å². The van der Waals surface area contributed by atoms with Gasteiger partial charge in [-0.05, 0) is 62.3 Å². The highest BCUT2D eigenvalue weighted by atomic mass is 14.5. The lowest BCUT2D eigenvalue weighted by atomic mass is 9.58. The Balaban J connectivity index is 0.000000963. The quantitative estimate of drug-likeness (QED) is 0.561. The molecule has 4 rings (SSSR count). The van der Waals surface area contributed by atoms with Crippen LogP contribution in [0.3, 0.4) is 0 Å². The molecule has 3 aliphatic carbocycles. The summed E-state index contributed by atoms with van der Waals surface area (Å²) >= 11 is 0. The van der Waals surface area contributed by atoms with Gasteiger partial charge < -0.3 is 0 Å².